The van der Waals surface area contributed by atoms with Gasteiger partial charge >= 0.3 is 0 Å². The van der Waals surface area contributed by atoms with Crippen molar-refractivity contribution >= 4 is 32.5 Å². The molecule has 0 bridgehead atoms. The first-order chi connectivity index (χ1) is 10.1. The Morgan fingerprint density at radius 2 is 1.81 bits per heavy atom. The Morgan fingerprint density at radius 1 is 1.10 bits per heavy atom. The summed E-state index contributed by atoms with van der Waals surface area (Å²) in [6.45, 7) is 0. The summed E-state index contributed by atoms with van der Waals surface area (Å²) in [6, 6.07) is 13.6. The summed E-state index contributed by atoms with van der Waals surface area (Å²) >= 11 is 3.36. The molecule has 0 atom stereocenters. The number of rotatable bonds is 2. The average Bonchev–Trinajstić information content (AvgIpc) is 2.46. The van der Waals surface area contributed by atoms with Crippen molar-refractivity contribution in [2.75, 3.05) is 0 Å². The first-order valence-corrected chi connectivity index (χ1v) is 6.92. The molecule has 0 saturated heterocycles. The van der Waals surface area contributed by atoms with E-state index in [1.54, 1.807) is 12.1 Å². The number of nitro groups is 1. The van der Waals surface area contributed by atoms with Gasteiger partial charge < -0.3 is 4.98 Å². The first-order valence-electron chi connectivity index (χ1n) is 6.12. The molecule has 0 aliphatic carbocycles. The molecule has 104 valence electrons. The molecule has 3 rings (SSSR count). The fraction of sp³-hybridized carbons (Fsp3) is 0. The van der Waals surface area contributed by atoms with E-state index in [0.717, 1.165) is 10.0 Å². The molecule has 0 amide bonds. The summed E-state index contributed by atoms with van der Waals surface area (Å²) < 4.78 is 0.923. The molecule has 2 aromatic carbocycles. The highest BCUT2D eigenvalue weighted by Gasteiger charge is 2.15. The van der Waals surface area contributed by atoms with Crippen LogP contribution in [-0.2, 0) is 0 Å². The molecule has 0 spiro atoms. The van der Waals surface area contributed by atoms with Crippen LogP contribution in [0.25, 0.3) is 22.0 Å². The van der Waals surface area contributed by atoms with Gasteiger partial charge in [0.15, 0.2) is 0 Å². The summed E-state index contributed by atoms with van der Waals surface area (Å²) in [7, 11) is 0. The zero-order valence-corrected chi connectivity index (χ0v) is 12.3. The van der Waals surface area contributed by atoms with Gasteiger partial charge in [0.25, 0.3) is 5.69 Å². The van der Waals surface area contributed by atoms with Gasteiger partial charge in [-0.05, 0) is 23.3 Å². The van der Waals surface area contributed by atoms with Gasteiger partial charge in [0.05, 0.1) is 4.92 Å². The molecule has 0 radical (unpaired) electrons. The largest absolute Gasteiger partial charge is 0.316 e. The molecule has 0 fully saturated rings. The van der Waals surface area contributed by atoms with Crippen LogP contribution >= 0.6 is 15.9 Å². The maximum atomic E-state index is 11.8. The molecule has 1 heterocycles. The van der Waals surface area contributed by atoms with Gasteiger partial charge in [-0.3, -0.25) is 14.9 Å². The number of nitro benzene ring substituents is 1. The normalized spacial score (nSPS) is 10.7. The molecule has 1 N–H and O–H groups in total. The minimum atomic E-state index is -0.496. The number of benzene rings is 2. The minimum Gasteiger partial charge on any atom is -0.316 e. The van der Waals surface area contributed by atoms with Crippen LogP contribution in [-0.4, -0.2) is 9.91 Å². The number of halogens is 1. The van der Waals surface area contributed by atoms with Gasteiger partial charge in [0.1, 0.15) is 5.52 Å². The third kappa shape index (κ3) is 2.45. The highest BCUT2D eigenvalue weighted by molar-refractivity contribution is 9.10. The standard InChI is InChI=1S/C15H9BrN2O3/c16-10-6-4-9(5-7-10)12-8-14(19)17-15-11(12)2-1-3-13(15)18(20)21/h1-8H,(H,17,19). The summed E-state index contributed by atoms with van der Waals surface area (Å²) in [5.41, 5.74) is 1.27. The zero-order chi connectivity index (χ0) is 15.0. The number of hydrogen-bond donors (Lipinski definition) is 1. The lowest BCUT2D eigenvalue weighted by Crippen LogP contribution is -2.06. The second kappa shape index (κ2) is 5.14. The average molecular weight is 345 g/mol. The van der Waals surface area contributed by atoms with E-state index in [9.17, 15) is 14.9 Å². The first kappa shape index (κ1) is 13.5. The molecule has 0 aliphatic heterocycles. The molecule has 6 heteroatoms. The number of para-hydroxylation sites is 1. The monoisotopic (exact) mass is 344 g/mol. The van der Waals surface area contributed by atoms with E-state index in [4.69, 9.17) is 0 Å². The smallest absolute Gasteiger partial charge is 0.293 e. The van der Waals surface area contributed by atoms with Gasteiger partial charge in [0, 0.05) is 22.0 Å². The molecule has 0 saturated carbocycles. The molecular weight excluding hydrogens is 336 g/mol. The van der Waals surface area contributed by atoms with Crippen molar-refractivity contribution in [2.24, 2.45) is 0 Å². The predicted octanol–water partition coefficient (Wildman–Crippen LogP) is 3.87. The second-order valence-electron chi connectivity index (χ2n) is 4.51. The number of nitrogens with one attached hydrogen (secondary N) is 1. The van der Waals surface area contributed by atoms with Crippen LogP contribution in [0.4, 0.5) is 5.69 Å². The lowest BCUT2D eigenvalue weighted by molar-refractivity contribution is -0.383. The van der Waals surface area contributed by atoms with Crippen molar-refractivity contribution in [3.05, 3.63) is 73.5 Å². The maximum Gasteiger partial charge on any atom is 0.293 e. The van der Waals surface area contributed by atoms with Crippen LogP contribution in [0, 0.1) is 10.1 Å². The third-order valence-corrected chi connectivity index (χ3v) is 3.74. The lowest BCUT2D eigenvalue weighted by atomic mass is 10.0. The topological polar surface area (TPSA) is 76.0 Å². The van der Waals surface area contributed by atoms with Crippen LogP contribution in [0.2, 0.25) is 0 Å². The Hall–Kier alpha value is -2.47. The SMILES string of the molecule is O=c1cc(-c2ccc(Br)cc2)c2cccc([N+](=O)[O-])c2[nH]1. The van der Waals surface area contributed by atoms with E-state index in [-0.39, 0.29) is 16.8 Å². The Morgan fingerprint density at radius 3 is 2.48 bits per heavy atom. The van der Waals surface area contributed by atoms with Crippen molar-refractivity contribution in [3.63, 3.8) is 0 Å². The van der Waals surface area contributed by atoms with Crippen LogP contribution in [0.3, 0.4) is 0 Å². The van der Waals surface area contributed by atoms with E-state index in [1.807, 2.05) is 24.3 Å². The Kier molecular flexibility index (Phi) is 3.31. The van der Waals surface area contributed by atoms with E-state index < -0.39 is 4.92 Å². The number of pyridine rings is 1. The molecule has 0 unspecified atom stereocenters. The van der Waals surface area contributed by atoms with Crippen LogP contribution in [0.1, 0.15) is 0 Å². The van der Waals surface area contributed by atoms with E-state index in [1.165, 1.54) is 12.1 Å². The van der Waals surface area contributed by atoms with Gasteiger partial charge in [0.2, 0.25) is 5.56 Å². The number of aromatic nitrogens is 1. The number of nitrogens with zero attached hydrogens (tertiary/aromatic N) is 1. The van der Waals surface area contributed by atoms with Gasteiger partial charge in [-0.1, -0.05) is 40.2 Å². The number of hydrogen-bond acceptors (Lipinski definition) is 3. The zero-order valence-electron chi connectivity index (χ0n) is 10.7. The fourth-order valence-electron chi connectivity index (χ4n) is 2.28. The third-order valence-electron chi connectivity index (χ3n) is 3.21. The summed E-state index contributed by atoms with van der Waals surface area (Å²) in [5, 5.41) is 11.7. The van der Waals surface area contributed by atoms with E-state index in [0.29, 0.717) is 10.9 Å². The van der Waals surface area contributed by atoms with Gasteiger partial charge in [-0.15, -0.1) is 0 Å². The van der Waals surface area contributed by atoms with Crippen molar-refractivity contribution in [1.29, 1.82) is 0 Å². The number of H-pyrrole nitrogens is 1. The quantitative estimate of drug-likeness (QED) is 0.566. The van der Waals surface area contributed by atoms with Crippen molar-refractivity contribution in [2.45, 2.75) is 0 Å². The Bertz CT molecular complexity index is 901. The van der Waals surface area contributed by atoms with Crippen LogP contribution < -0.4 is 5.56 Å². The number of non-ortho nitro benzene ring substituents is 1. The van der Waals surface area contributed by atoms with Crippen LogP contribution in [0.5, 0.6) is 0 Å². The molecular formula is C15H9BrN2O3. The minimum absolute atomic E-state index is 0.108. The Labute approximate surface area is 127 Å². The molecule has 5 nitrogen and oxygen atoms in total. The van der Waals surface area contributed by atoms with Gasteiger partial charge in [-0.25, -0.2) is 0 Å². The Balaban J connectivity index is 2.38. The van der Waals surface area contributed by atoms with Gasteiger partial charge in [-0.2, -0.15) is 0 Å². The van der Waals surface area contributed by atoms with E-state index >= 15 is 0 Å². The predicted molar refractivity (Wildman–Crippen MR) is 84.4 cm³/mol. The highest BCUT2D eigenvalue weighted by atomic mass is 79.9. The van der Waals surface area contributed by atoms with Crippen LogP contribution in [0.15, 0.2) is 57.8 Å². The summed E-state index contributed by atoms with van der Waals surface area (Å²) in [6.07, 6.45) is 0. The molecule has 3 aromatic rings. The second-order valence-corrected chi connectivity index (χ2v) is 5.43. The lowest BCUT2D eigenvalue weighted by Gasteiger charge is -2.07. The number of fused-ring (bicyclic) bond motifs is 1. The fourth-order valence-corrected chi connectivity index (χ4v) is 2.55. The molecule has 0 aliphatic rings. The van der Waals surface area contributed by atoms with Crippen molar-refractivity contribution < 1.29 is 4.92 Å². The van der Waals surface area contributed by atoms with E-state index in [2.05, 4.69) is 20.9 Å². The highest BCUT2D eigenvalue weighted by Crippen LogP contribution is 2.31. The number of aromatic amines is 1. The molecule has 1 aromatic heterocycles. The van der Waals surface area contributed by atoms with Crippen molar-refractivity contribution in [3.8, 4) is 11.1 Å². The summed E-state index contributed by atoms with van der Waals surface area (Å²) in [5.74, 6) is 0. The van der Waals surface area contributed by atoms with Crippen molar-refractivity contribution in [1.82, 2.24) is 4.98 Å². The maximum absolute atomic E-state index is 11.8. The summed E-state index contributed by atoms with van der Waals surface area (Å²) in [4.78, 5) is 25.0. The molecule has 21 heavy (non-hydrogen) atoms.